The van der Waals surface area contributed by atoms with Crippen molar-refractivity contribution in [3.05, 3.63) is 156 Å². The lowest BCUT2D eigenvalue weighted by molar-refractivity contribution is 1.19. The number of rotatable bonds is 2. The molecule has 6 aromatic carbocycles. The van der Waals surface area contributed by atoms with Crippen LogP contribution in [0.25, 0.3) is 55.2 Å². The smallest absolute Gasteiger partial charge is 0.0787 e. The van der Waals surface area contributed by atoms with Crippen LogP contribution in [-0.4, -0.2) is 10.7 Å². The van der Waals surface area contributed by atoms with E-state index in [1.807, 2.05) is 0 Å². The summed E-state index contributed by atoms with van der Waals surface area (Å²) >= 11 is 0. The van der Waals surface area contributed by atoms with E-state index in [2.05, 4.69) is 146 Å². The standard InChI is InChI=1S/C40H28N2/c1-26-34-13-5-6-15-36(34)37-25-30(19-20-31(37)24-32-10-3-7-16-38(32)41-26)29-11-8-12-33(23-29)39-22-21-28-18-17-27-9-2-4-14-35(27)40(28)42-39/h2-23,25H,24H2,1H3/b41-26+. The van der Waals surface area contributed by atoms with E-state index in [0.29, 0.717) is 0 Å². The lowest BCUT2D eigenvalue weighted by Gasteiger charge is -2.15. The maximum absolute atomic E-state index is 5.16. The summed E-state index contributed by atoms with van der Waals surface area (Å²) in [5, 5.41) is 3.55. The molecular formula is C40H28N2. The van der Waals surface area contributed by atoms with Gasteiger partial charge in [0.15, 0.2) is 0 Å². The maximum atomic E-state index is 5.16. The lowest BCUT2D eigenvalue weighted by Crippen LogP contribution is -1.98. The van der Waals surface area contributed by atoms with Crippen LogP contribution in [0.3, 0.4) is 0 Å². The topological polar surface area (TPSA) is 25.2 Å². The van der Waals surface area contributed by atoms with Gasteiger partial charge in [-0.05, 0) is 70.0 Å². The Labute approximate surface area is 245 Å². The van der Waals surface area contributed by atoms with E-state index in [9.17, 15) is 0 Å². The molecule has 2 nitrogen and oxygen atoms in total. The number of hydrogen-bond acceptors (Lipinski definition) is 2. The fourth-order valence-electron chi connectivity index (χ4n) is 6.29. The second kappa shape index (κ2) is 9.94. The molecule has 0 amide bonds. The first-order valence-electron chi connectivity index (χ1n) is 14.5. The van der Waals surface area contributed by atoms with E-state index in [-0.39, 0.29) is 0 Å². The van der Waals surface area contributed by atoms with Gasteiger partial charge in [-0.2, -0.15) is 0 Å². The zero-order valence-electron chi connectivity index (χ0n) is 23.4. The minimum atomic E-state index is 0.839. The predicted molar refractivity (Wildman–Crippen MR) is 177 cm³/mol. The highest BCUT2D eigenvalue weighted by Crippen LogP contribution is 2.37. The summed E-state index contributed by atoms with van der Waals surface area (Å²) in [6.07, 6.45) is 0.839. The van der Waals surface area contributed by atoms with Crippen LogP contribution in [-0.2, 0) is 6.42 Å². The van der Waals surface area contributed by atoms with Crippen molar-refractivity contribution >= 4 is 33.1 Å². The maximum Gasteiger partial charge on any atom is 0.0787 e. The number of hydrogen-bond donors (Lipinski definition) is 0. The lowest BCUT2D eigenvalue weighted by atomic mass is 9.88. The number of para-hydroxylation sites is 1. The first-order valence-corrected chi connectivity index (χ1v) is 14.5. The van der Waals surface area contributed by atoms with Crippen LogP contribution >= 0.6 is 0 Å². The van der Waals surface area contributed by atoms with Gasteiger partial charge in [-0.1, -0.05) is 115 Å². The first kappa shape index (κ1) is 24.5. The zero-order valence-corrected chi connectivity index (χ0v) is 23.4. The number of nitrogens with zero attached hydrogens (tertiary/aromatic N) is 2. The van der Waals surface area contributed by atoms with E-state index in [4.69, 9.17) is 9.98 Å². The summed E-state index contributed by atoms with van der Waals surface area (Å²) < 4.78 is 0. The normalized spacial score (nSPS) is 13.7. The van der Waals surface area contributed by atoms with E-state index < -0.39 is 0 Å². The van der Waals surface area contributed by atoms with Gasteiger partial charge in [-0.25, -0.2) is 4.98 Å². The molecule has 0 bridgehead atoms. The Balaban J connectivity index is 1.26. The number of pyridine rings is 1. The monoisotopic (exact) mass is 536 g/mol. The Bertz CT molecular complexity index is 2190. The van der Waals surface area contributed by atoms with Gasteiger partial charge in [-0.3, -0.25) is 4.99 Å². The average molecular weight is 537 g/mol. The minimum absolute atomic E-state index is 0.839. The van der Waals surface area contributed by atoms with Crippen molar-refractivity contribution in [2.75, 3.05) is 0 Å². The highest BCUT2D eigenvalue weighted by Gasteiger charge is 2.17. The fraction of sp³-hybridized carbons (Fsp3) is 0.0500. The van der Waals surface area contributed by atoms with Crippen molar-refractivity contribution in [3.8, 4) is 33.5 Å². The minimum Gasteiger partial charge on any atom is -0.253 e. The number of benzene rings is 6. The van der Waals surface area contributed by atoms with Gasteiger partial charge in [0.05, 0.1) is 16.9 Å². The third-order valence-corrected chi connectivity index (χ3v) is 8.45. The van der Waals surface area contributed by atoms with Crippen LogP contribution in [0.15, 0.2) is 145 Å². The molecule has 1 aliphatic heterocycles. The van der Waals surface area contributed by atoms with Crippen molar-refractivity contribution in [1.29, 1.82) is 0 Å². The van der Waals surface area contributed by atoms with Crippen LogP contribution in [0.5, 0.6) is 0 Å². The summed E-state index contributed by atoms with van der Waals surface area (Å²) in [5.41, 5.74) is 13.8. The van der Waals surface area contributed by atoms with Crippen molar-refractivity contribution in [3.63, 3.8) is 0 Å². The third kappa shape index (κ3) is 4.20. The molecule has 0 saturated heterocycles. The average Bonchev–Trinajstić information content (AvgIpc) is 3.10. The SMILES string of the molecule is C/C1=N\c2ccccc2Cc2ccc(-c3cccc(-c4ccc5ccc6ccccc6c5n4)c3)cc2-c2ccccc21. The molecule has 42 heavy (non-hydrogen) atoms. The second-order valence-corrected chi connectivity index (χ2v) is 11.1. The molecule has 0 saturated carbocycles. The van der Waals surface area contributed by atoms with E-state index >= 15 is 0 Å². The summed E-state index contributed by atoms with van der Waals surface area (Å²) in [6, 6.07) is 50.0. The fourth-order valence-corrected chi connectivity index (χ4v) is 6.29. The van der Waals surface area contributed by atoms with Gasteiger partial charge in [-0.15, -0.1) is 0 Å². The molecule has 8 rings (SSSR count). The molecule has 0 spiro atoms. The Kier molecular flexibility index (Phi) is 5.79. The molecule has 198 valence electrons. The largest absolute Gasteiger partial charge is 0.253 e. The summed E-state index contributed by atoms with van der Waals surface area (Å²) in [7, 11) is 0. The number of aromatic nitrogens is 1. The predicted octanol–water partition coefficient (Wildman–Crippen LogP) is 10.4. The molecule has 2 heterocycles. The molecule has 0 N–H and O–H groups in total. The first-order chi connectivity index (χ1) is 20.7. The van der Waals surface area contributed by atoms with Gasteiger partial charge in [0.1, 0.15) is 0 Å². The van der Waals surface area contributed by atoms with Crippen LogP contribution in [0, 0.1) is 0 Å². The second-order valence-electron chi connectivity index (χ2n) is 11.1. The summed E-state index contributed by atoms with van der Waals surface area (Å²) in [6.45, 7) is 2.12. The molecule has 0 aliphatic carbocycles. The highest BCUT2D eigenvalue weighted by molar-refractivity contribution is 6.07. The Morgan fingerprint density at radius 3 is 2.19 bits per heavy atom. The third-order valence-electron chi connectivity index (χ3n) is 8.45. The Hall–Kier alpha value is -5.34. The van der Waals surface area contributed by atoms with E-state index in [1.54, 1.807) is 0 Å². The number of fused-ring (bicyclic) bond motifs is 7. The molecule has 1 aliphatic rings. The van der Waals surface area contributed by atoms with Gasteiger partial charge < -0.3 is 0 Å². The zero-order chi connectivity index (χ0) is 28.0. The molecule has 2 heteroatoms. The quantitative estimate of drug-likeness (QED) is 0.202. The van der Waals surface area contributed by atoms with Gasteiger partial charge in [0, 0.05) is 34.0 Å². The van der Waals surface area contributed by atoms with E-state index in [1.165, 1.54) is 49.7 Å². The van der Waals surface area contributed by atoms with Crippen molar-refractivity contribution < 1.29 is 0 Å². The van der Waals surface area contributed by atoms with Crippen molar-refractivity contribution in [1.82, 2.24) is 4.98 Å². The van der Waals surface area contributed by atoms with Gasteiger partial charge in [0.25, 0.3) is 0 Å². The molecule has 1 aromatic heterocycles. The molecule has 0 atom stereocenters. The molecule has 7 aromatic rings. The van der Waals surface area contributed by atoms with Crippen LogP contribution in [0.2, 0.25) is 0 Å². The Morgan fingerprint density at radius 1 is 0.500 bits per heavy atom. The highest BCUT2D eigenvalue weighted by atomic mass is 14.7. The van der Waals surface area contributed by atoms with E-state index in [0.717, 1.165) is 40.0 Å². The molecule has 0 unspecified atom stereocenters. The number of aliphatic imine (C=N–C) groups is 1. The Morgan fingerprint density at radius 2 is 1.24 bits per heavy atom. The molecule has 0 radical (unpaired) electrons. The molecular weight excluding hydrogens is 508 g/mol. The molecule has 0 fully saturated rings. The van der Waals surface area contributed by atoms with Crippen LogP contribution in [0.4, 0.5) is 5.69 Å². The van der Waals surface area contributed by atoms with Crippen LogP contribution in [0.1, 0.15) is 23.6 Å². The van der Waals surface area contributed by atoms with Gasteiger partial charge >= 0.3 is 0 Å². The van der Waals surface area contributed by atoms with Crippen molar-refractivity contribution in [2.24, 2.45) is 4.99 Å². The summed E-state index contributed by atoms with van der Waals surface area (Å²) in [5.74, 6) is 0. The van der Waals surface area contributed by atoms with Gasteiger partial charge in [0.2, 0.25) is 0 Å². The summed E-state index contributed by atoms with van der Waals surface area (Å²) in [4.78, 5) is 10.2. The van der Waals surface area contributed by atoms with Crippen molar-refractivity contribution in [2.45, 2.75) is 13.3 Å². The van der Waals surface area contributed by atoms with Crippen LogP contribution < -0.4 is 0 Å².